The summed E-state index contributed by atoms with van der Waals surface area (Å²) in [5.41, 5.74) is 3.56. The molecule has 3 N–H and O–H groups in total. The van der Waals surface area contributed by atoms with Crippen molar-refractivity contribution in [3.63, 3.8) is 0 Å². The second-order valence-corrected chi connectivity index (χ2v) is 14.1. The number of fused-ring (bicyclic) bond motifs is 4. The van der Waals surface area contributed by atoms with Gasteiger partial charge in [-0.1, -0.05) is 19.1 Å². The van der Waals surface area contributed by atoms with E-state index in [9.17, 15) is 22.8 Å². The summed E-state index contributed by atoms with van der Waals surface area (Å²) >= 11 is 1.05. The van der Waals surface area contributed by atoms with Crippen LogP contribution >= 0.6 is 11.3 Å². The topological polar surface area (TPSA) is 103 Å². The Hall–Kier alpha value is -4.06. The maximum Gasteiger partial charge on any atom is 0.417 e. The molecule has 48 heavy (non-hydrogen) atoms. The third-order valence-corrected chi connectivity index (χ3v) is 11.1. The Kier molecular flexibility index (Phi) is 8.20. The van der Waals surface area contributed by atoms with Gasteiger partial charge in [-0.25, -0.2) is 8.78 Å². The maximum atomic E-state index is 17.1. The Morgan fingerprint density at radius 3 is 2.65 bits per heavy atom. The number of nitrogen functional groups attached to an aromatic ring is 1. The van der Waals surface area contributed by atoms with E-state index in [1.807, 2.05) is 24.9 Å². The number of halogens is 5. The van der Waals surface area contributed by atoms with E-state index in [1.54, 1.807) is 6.07 Å². The van der Waals surface area contributed by atoms with Crippen LogP contribution in [0.5, 0.6) is 6.01 Å². The molecule has 2 bridgehead atoms. The number of rotatable bonds is 6. The number of hydrogen-bond acceptors (Lipinski definition) is 9. The summed E-state index contributed by atoms with van der Waals surface area (Å²) in [6.45, 7) is 4.06. The molecule has 0 unspecified atom stereocenters. The predicted molar refractivity (Wildman–Crippen MR) is 176 cm³/mol. The normalized spacial score (nSPS) is 24.1. The van der Waals surface area contributed by atoms with E-state index >= 15 is 4.39 Å². The lowest BCUT2D eigenvalue weighted by Gasteiger charge is -2.42. The minimum Gasteiger partial charge on any atom is -0.462 e. The molecule has 0 radical (unpaired) electrons. The minimum atomic E-state index is -4.97. The van der Waals surface area contributed by atoms with E-state index in [-0.39, 0.29) is 62.9 Å². The van der Waals surface area contributed by atoms with Gasteiger partial charge in [-0.15, -0.1) is 11.3 Å². The van der Waals surface area contributed by atoms with Gasteiger partial charge in [0.25, 0.3) is 0 Å². The molecule has 3 atom stereocenters. The number of benzene rings is 2. The molecule has 2 aromatic carbocycles. The Morgan fingerprint density at radius 1 is 1.23 bits per heavy atom. The van der Waals surface area contributed by atoms with Gasteiger partial charge in [0.2, 0.25) is 0 Å². The predicted octanol–water partition coefficient (Wildman–Crippen LogP) is 7.03. The summed E-state index contributed by atoms with van der Waals surface area (Å²) in [4.78, 5) is 13.0. The Labute approximate surface area is 278 Å². The fourth-order valence-corrected chi connectivity index (χ4v) is 8.61. The van der Waals surface area contributed by atoms with Crippen molar-refractivity contribution in [2.75, 3.05) is 50.5 Å². The maximum absolute atomic E-state index is 17.1. The largest absolute Gasteiger partial charge is 0.462 e. The van der Waals surface area contributed by atoms with Crippen LogP contribution in [0.3, 0.4) is 0 Å². The monoisotopic (exact) mass is 683 g/mol. The van der Waals surface area contributed by atoms with Gasteiger partial charge < -0.3 is 25.6 Å². The molecule has 0 aliphatic carbocycles. The van der Waals surface area contributed by atoms with Crippen LogP contribution in [0.25, 0.3) is 32.1 Å². The first kappa shape index (κ1) is 32.5. The van der Waals surface area contributed by atoms with Gasteiger partial charge in [0.05, 0.1) is 17.5 Å². The summed E-state index contributed by atoms with van der Waals surface area (Å²) in [6, 6.07) is 7.39. The molecule has 3 aliphatic rings. The molecule has 7 rings (SSSR count). The molecule has 8 nitrogen and oxygen atoms in total. The molecule has 5 heterocycles. The number of nitrogens with two attached hydrogens (primary N) is 1. The van der Waals surface area contributed by atoms with Crippen LogP contribution in [0.2, 0.25) is 0 Å². The molecule has 14 heteroatoms. The standard InChI is InChI=1S/C34H34F5N7OS/c1-3-33(16-45(2)10-9-18(33)12-35)17-47-32-43-29-22(31(44-32)46-14-19-7-8-20(15-46)42-19)11-24(34(37,38)39)27(28(29)36)21-5-4-6-25-26(21)23(13-40)30(41)48-25/h4-6,11-12,19-20,42H,3,7-10,14-17,41H2,1-2H3/b18-12+/t19-,20+,33-/m0/s1. The Morgan fingerprint density at radius 2 is 1.98 bits per heavy atom. The molecule has 2 aromatic heterocycles. The minimum absolute atomic E-state index is 0.00449. The van der Waals surface area contributed by atoms with Crippen LogP contribution < -0.4 is 20.7 Å². The summed E-state index contributed by atoms with van der Waals surface area (Å²) in [6.07, 6.45) is -1.47. The van der Waals surface area contributed by atoms with Crippen LogP contribution in [-0.4, -0.2) is 66.8 Å². The number of hydrogen-bond donors (Lipinski definition) is 2. The van der Waals surface area contributed by atoms with Crippen molar-refractivity contribution < 1.29 is 26.7 Å². The van der Waals surface area contributed by atoms with Gasteiger partial charge in [-0.2, -0.15) is 28.4 Å². The van der Waals surface area contributed by atoms with E-state index in [0.717, 1.165) is 30.2 Å². The summed E-state index contributed by atoms with van der Waals surface area (Å²) in [5.74, 6) is -1.06. The number of likely N-dealkylation sites (tertiary alicyclic amines) is 1. The molecule has 4 aromatic rings. The zero-order valence-corrected chi connectivity index (χ0v) is 27.2. The van der Waals surface area contributed by atoms with Gasteiger partial charge in [0, 0.05) is 64.7 Å². The first-order valence-electron chi connectivity index (χ1n) is 15.9. The summed E-state index contributed by atoms with van der Waals surface area (Å²) < 4.78 is 82.7. The number of piperidine rings is 1. The van der Waals surface area contributed by atoms with Crippen molar-refractivity contribution in [3.05, 3.63) is 53.1 Å². The van der Waals surface area contributed by atoms with Crippen LogP contribution in [0.1, 0.15) is 43.7 Å². The highest BCUT2D eigenvalue weighted by atomic mass is 32.1. The van der Waals surface area contributed by atoms with Crippen LogP contribution in [0.4, 0.5) is 32.8 Å². The van der Waals surface area contributed by atoms with Crippen molar-refractivity contribution in [2.45, 2.75) is 50.9 Å². The zero-order chi connectivity index (χ0) is 34.0. The first-order valence-corrected chi connectivity index (χ1v) is 16.7. The number of ether oxygens (including phenoxy) is 1. The number of thiophene rings is 1. The number of nitrogens with zero attached hydrogens (tertiary/aromatic N) is 5. The quantitative estimate of drug-likeness (QED) is 0.209. The van der Waals surface area contributed by atoms with Gasteiger partial charge >= 0.3 is 12.2 Å². The second kappa shape index (κ2) is 12.1. The molecule has 3 aliphatic heterocycles. The van der Waals surface area contributed by atoms with Gasteiger partial charge in [-0.05, 0) is 56.0 Å². The first-order chi connectivity index (χ1) is 23.0. The van der Waals surface area contributed by atoms with Crippen molar-refractivity contribution in [3.8, 4) is 23.2 Å². The number of anilines is 2. The highest BCUT2D eigenvalue weighted by molar-refractivity contribution is 7.23. The zero-order valence-electron chi connectivity index (χ0n) is 26.4. The van der Waals surface area contributed by atoms with Crippen LogP contribution in [-0.2, 0) is 6.18 Å². The molecule has 3 saturated heterocycles. The summed E-state index contributed by atoms with van der Waals surface area (Å²) in [5, 5.41) is 13.5. The fraction of sp³-hybridized carbons (Fsp3) is 0.441. The number of aromatic nitrogens is 2. The van der Waals surface area contributed by atoms with E-state index in [4.69, 9.17) is 10.5 Å². The van der Waals surface area contributed by atoms with E-state index < -0.39 is 28.5 Å². The van der Waals surface area contributed by atoms with Gasteiger partial charge in [0.1, 0.15) is 29.0 Å². The van der Waals surface area contributed by atoms with E-state index in [0.29, 0.717) is 55.6 Å². The second-order valence-electron chi connectivity index (χ2n) is 13.1. The molecule has 0 spiro atoms. The molecule has 0 amide bonds. The fourth-order valence-electron chi connectivity index (χ4n) is 7.67. The summed E-state index contributed by atoms with van der Waals surface area (Å²) in [7, 11) is 1.94. The molecular weight excluding hydrogens is 649 g/mol. The average Bonchev–Trinajstić information content (AvgIpc) is 3.58. The average molecular weight is 684 g/mol. The van der Waals surface area contributed by atoms with Crippen molar-refractivity contribution >= 4 is 43.1 Å². The third-order valence-electron chi connectivity index (χ3n) is 10.1. The van der Waals surface area contributed by atoms with Crippen molar-refractivity contribution in [2.24, 2.45) is 5.41 Å². The van der Waals surface area contributed by atoms with Crippen LogP contribution in [0, 0.1) is 22.6 Å². The number of piperazine rings is 1. The number of alkyl halides is 3. The van der Waals surface area contributed by atoms with Crippen molar-refractivity contribution in [1.29, 1.82) is 5.26 Å². The lowest BCUT2D eigenvalue weighted by molar-refractivity contribution is -0.137. The molecule has 252 valence electrons. The van der Waals surface area contributed by atoms with Crippen molar-refractivity contribution in [1.82, 2.24) is 20.2 Å². The van der Waals surface area contributed by atoms with E-state index in [2.05, 4.69) is 20.2 Å². The lowest BCUT2D eigenvalue weighted by atomic mass is 9.74. The highest BCUT2D eigenvalue weighted by Crippen LogP contribution is 2.48. The van der Waals surface area contributed by atoms with Gasteiger partial charge in [0.15, 0.2) is 5.82 Å². The van der Waals surface area contributed by atoms with E-state index in [1.165, 1.54) is 12.1 Å². The van der Waals surface area contributed by atoms with Gasteiger partial charge in [-0.3, -0.25) is 0 Å². The number of nitriles is 1. The molecule has 0 saturated carbocycles. The Bertz CT molecular complexity index is 1980. The SMILES string of the molecule is CC[C@@]1(COc2nc(N3C[C@H]4CC[C@@H](C3)N4)c3cc(C(F)(F)F)c(-c4cccc5sc(N)c(C#N)c45)c(F)c3n2)CN(C)CC/C1=C\F. The third kappa shape index (κ3) is 5.41. The van der Waals surface area contributed by atoms with Crippen LogP contribution in [0.15, 0.2) is 36.2 Å². The highest BCUT2D eigenvalue weighted by Gasteiger charge is 2.41. The molecule has 3 fully saturated rings. The Balaban J connectivity index is 1.45. The number of nitrogens with one attached hydrogen (secondary N) is 1. The lowest BCUT2D eigenvalue weighted by Crippen LogP contribution is -2.51. The smallest absolute Gasteiger partial charge is 0.417 e. The molecular formula is C34H34F5N7OS.